The summed E-state index contributed by atoms with van der Waals surface area (Å²) in [6, 6.07) is 9.87. The normalized spacial score (nSPS) is 10.9. The standard InChI is InChI=1S/C21H23N3O2S/c1-13-10-14(2)20(16(4)25)15(3)17(13)11-27-21-23-22-12-24(21)18-8-6-7-9-19(18)26-5/h6-10,12H,11H2,1-5H3. The molecule has 0 spiro atoms. The van der Waals surface area contributed by atoms with E-state index in [0.29, 0.717) is 5.75 Å². The van der Waals surface area contributed by atoms with E-state index in [9.17, 15) is 4.79 Å². The Hall–Kier alpha value is -2.60. The van der Waals surface area contributed by atoms with Gasteiger partial charge in [0.25, 0.3) is 0 Å². The Bertz CT molecular complexity index is 995. The smallest absolute Gasteiger partial charge is 0.196 e. The van der Waals surface area contributed by atoms with Gasteiger partial charge in [0.2, 0.25) is 0 Å². The molecule has 5 nitrogen and oxygen atoms in total. The number of ketones is 1. The maximum atomic E-state index is 12.0. The fraction of sp³-hybridized carbons (Fsp3) is 0.286. The first-order valence-corrected chi connectivity index (χ1v) is 9.69. The number of hydrogen-bond acceptors (Lipinski definition) is 5. The topological polar surface area (TPSA) is 57.0 Å². The molecule has 0 saturated carbocycles. The lowest BCUT2D eigenvalue weighted by molar-refractivity contribution is 0.101. The number of nitrogens with zero attached hydrogens (tertiary/aromatic N) is 3. The van der Waals surface area contributed by atoms with E-state index in [0.717, 1.165) is 33.3 Å². The van der Waals surface area contributed by atoms with Crippen LogP contribution in [0.2, 0.25) is 0 Å². The molecule has 1 heterocycles. The van der Waals surface area contributed by atoms with Crippen molar-refractivity contribution >= 4 is 17.5 Å². The van der Waals surface area contributed by atoms with Crippen LogP contribution in [-0.4, -0.2) is 27.7 Å². The molecule has 0 aliphatic heterocycles. The third kappa shape index (κ3) is 3.76. The lowest BCUT2D eigenvalue weighted by atomic mass is 9.92. The van der Waals surface area contributed by atoms with Crippen molar-refractivity contribution in [3.63, 3.8) is 0 Å². The number of methoxy groups -OCH3 is 1. The molecular formula is C21H23N3O2S. The molecule has 0 atom stereocenters. The van der Waals surface area contributed by atoms with Gasteiger partial charge in [-0.2, -0.15) is 0 Å². The molecule has 0 bridgehead atoms. The monoisotopic (exact) mass is 381 g/mol. The van der Waals surface area contributed by atoms with Gasteiger partial charge in [-0.15, -0.1) is 10.2 Å². The molecule has 2 aromatic carbocycles. The van der Waals surface area contributed by atoms with Gasteiger partial charge in [-0.1, -0.05) is 30.0 Å². The van der Waals surface area contributed by atoms with Gasteiger partial charge in [0.05, 0.1) is 12.8 Å². The van der Waals surface area contributed by atoms with Crippen LogP contribution in [0.25, 0.3) is 5.69 Å². The van der Waals surface area contributed by atoms with E-state index in [1.54, 1.807) is 32.1 Å². The summed E-state index contributed by atoms with van der Waals surface area (Å²) in [6.07, 6.45) is 1.69. The van der Waals surface area contributed by atoms with Gasteiger partial charge in [0, 0.05) is 11.3 Å². The maximum absolute atomic E-state index is 12.0. The van der Waals surface area contributed by atoms with E-state index in [2.05, 4.69) is 23.2 Å². The molecule has 0 unspecified atom stereocenters. The lowest BCUT2D eigenvalue weighted by Gasteiger charge is -2.16. The van der Waals surface area contributed by atoms with E-state index >= 15 is 0 Å². The van der Waals surface area contributed by atoms with Crippen LogP contribution in [0.15, 0.2) is 41.8 Å². The van der Waals surface area contributed by atoms with Gasteiger partial charge < -0.3 is 4.74 Å². The third-order valence-electron chi connectivity index (χ3n) is 4.69. The van der Waals surface area contributed by atoms with E-state index in [1.165, 1.54) is 11.1 Å². The Kier molecular flexibility index (Phi) is 5.65. The first-order chi connectivity index (χ1) is 12.9. The second-order valence-corrected chi connectivity index (χ2v) is 7.43. The molecule has 140 valence electrons. The summed E-state index contributed by atoms with van der Waals surface area (Å²) >= 11 is 1.60. The number of hydrogen-bond donors (Lipinski definition) is 0. The number of Topliss-reactive ketones (excluding diaryl/α,β-unsaturated/α-hetero) is 1. The Morgan fingerprint density at radius 2 is 1.93 bits per heavy atom. The second-order valence-electron chi connectivity index (χ2n) is 6.49. The Balaban J connectivity index is 1.93. The first kappa shape index (κ1) is 19.2. The summed E-state index contributed by atoms with van der Waals surface area (Å²) in [7, 11) is 1.65. The van der Waals surface area contributed by atoms with Crippen molar-refractivity contribution in [1.82, 2.24) is 14.8 Å². The largest absolute Gasteiger partial charge is 0.495 e. The Labute approximate surface area is 163 Å². The van der Waals surface area contributed by atoms with Crippen LogP contribution in [-0.2, 0) is 5.75 Å². The van der Waals surface area contributed by atoms with Gasteiger partial charge in [0.1, 0.15) is 12.1 Å². The van der Waals surface area contributed by atoms with Gasteiger partial charge in [-0.3, -0.25) is 9.36 Å². The van der Waals surface area contributed by atoms with Crippen molar-refractivity contribution < 1.29 is 9.53 Å². The molecule has 6 heteroatoms. The Morgan fingerprint density at radius 1 is 1.19 bits per heavy atom. The van der Waals surface area contributed by atoms with Gasteiger partial charge in [-0.25, -0.2) is 0 Å². The molecule has 3 aromatic rings. The predicted molar refractivity (Wildman–Crippen MR) is 108 cm³/mol. The SMILES string of the molecule is COc1ccccc1-n1cnnc1SCc1c(C)cc(C)c(C(C)=O)c1C. The van der Waals surface area contributed by atoms with Crippen molar-refractivity contribution in [3.8, 4) is 11.4 Å². The molecule has 0 aliphatic carbocycles. The van der Waals surface area contributed by atoms with Crippen molar-refractivity contribution in [1.29, 1.82) is 0 Å². The average Bonchev–Trinajstić information content (AvgIpc) is 3.09. The average molecular weight is 382 g/mol. The van der Waals surface area contributed by atoms with E-state index in [1.807, 2.05) is 42.7 Å². The Morgan fingerprint density at radius 3 is 2.63 bits per heavy atom. The highest BCUT2D eigenvalue weighted by molar-refractivity contribution is 7.98. The predicted octanol–water partition coefficient (Wildman–Crippen LogP) is 4.70. The zero-order chi connectivity index (χ0) is 19.6. The van der Waals surface area contributed by atoms with Crippen LogP contribution in [0, 0.1) is 20.8 Å². The van der Waals surface area contributed by atoms with Gasteiger partial charge in [0.15, 0.2) is 10.9 Å². The molecular weight excluding hydrogens is 358 g/mol. The molecule has 0 aliphatic rings. The first-order valence-electron chi connectivity index (χ1n) is 8.70. The van der Waals surface area contributed by atoms with Crippen LogP contribution in [0.3, 0.4) is 0 Å². The number of carbonyl (C=O) groups excluding carboxylic acids is 1. The van der Waals surface area contributed by atoms with Crippen molar-refractivity contribution in [3.05, 3.63) is 64.5 Å². The van der Waals surface area contributed by atoms with Crippen LogP contribution < -0.4 is 4.74 Å². The minimum Gasteiger partial charge on any atom is -0.495 e. The summed E-state index contributed by atoms with van der Waals surface area (Å²) in [5.41, 5.74) is 6.16. The van der Waals surface area contributed by atoms with Crippen LogP contribution >= 0.6 is 11.8 Å². The maximum Gasteiger partial charge on any atom is 0.196 e. The number of para-hydroxylation sites is 2. The highest BCUT2D eigenvalue weighted by atomic mass is 32.2. The fourth-order valence-corrected chi connectivity index (χ4v) is 4.55. The summed E-state index contributed by atoms with van der Waals surface area (Å²) < 4.78 is 7.38. The van der Waals surface area contributed by atoms with Crippen LogP contribution in [0.1, 0.15) is 39.5 Å². The van der Waals surface area contributed by atoms with Crippen molar-refractivity contribution in [2.75, 3.05) is 7.11 Å². The zero-order valence-electron chi connectivity index (χ0n) is 16.2. The van der Waals surface area contributed by atoms with Crippen molar-refractivity contribution in [2.45, 2.75) is 38.6 Å². The van der Waals surface area contributed by atoms with E-state index in [-0.39, 0.29) is 5.78 Å². The lowest BCUT2D eigenvalue weighted by Crippen LogP contribution is -2.05. The minimum absolute atomic E-state index is 0.105. The van der Waals surface area contributed by atoms with E-state index in [4.69, 9.17) is 4.74 Å². The highest BCUT2D eigenvalue weighted by Crippen LogP contribution is 2.31. The minimum atomic E-state index is 0.105. The zero-order valence-corrected chi connectivity index (χ0v) is 17.1. The molecule has 1 aromatic heterocycles. The molecule has 0 N–H and O–H groups in total. The van der Waals surface area contributed by atoms with Crippen LogP contribution in [0.4, 0.5) is 0 Å². The molecule has 3 rings (SSSR count). The summed E-state index contributed by atoms with van der Waals surface area (Å²) in [5.74, 6) is 1.58. The van der Waals surface area contributed by atoms with Crippen LogP contribution in [0.5, 0.6) is 5.75 Å². The number of rotatable bonds is 6. The number of carbonyl (C=O) groups is 1. The summed E-state index contributed by atoms with van der Waals surface area (Å²) in [5, 5.41) is 9.13. The molecule has 0 saturated heterocycles. The summed E-state index contributed by atoms with van der Waals surface area (Å²) in [6.45, 7) is 7.73. The third-order valence-corrected chi connectivity index (χ3v) is 5.66. The van der Waals surface area contributed by atoms with Crippen molar-refractivity contribution in [2.24, 2.45) is 0 Å². The number of benzene rings is 2. The molecule has 27 heavy (non-hydrogen) atoms. The van der Waals surface area contributed by atoms with Gasteiger partial charge >= 0.3 is 0 Å². The molecule has 0 fully saturated rings. The number of ether oxygens (including phenoxy) is 1. The highest BCUT2D eigenvalue weighted by Gasteiger charge is 2.16. The number of aryl methyl sites for hydroxylation is 2. The summed E-state index contributed by atoms with van der Waals surface area (Å²) in [4.78, 5) is 12.0. The van der Waals surface area contributed by atoms with Gasteiger partial charge in [-0.05, 0) is 62.1 Å². The second kappa shape index (κ2) is 7.96. The fourth-order valence-electron chi connectivity index (χ4n) is 3.44. The number of aromatic nitrogens is 3. The quantitative estimate of drug-likeness (QED) is 0.458. The number of thioether (sulfide) groups is 1. The van der Waals surface area contributed by atoms with E-state index < -0.39 is 0 Å². The molecule has 0 amide bonds. The molecule has 0 radical (unpaired) electrons.